The highest BCUT2D eigenvalue weighted by Crippen LogP contribution is 2.27. The highest BCUT2D eigenvalue weighted by atomic mass is 32.2. The molecule has 0 unspecified atom stereocenters. The van der Waals surface area contributed by atoms with Crippen molar-refractivity contribution in [2.75, 3.05) is 5.75 Å². The smallest absolute Gasteiger partial charge is 0.319 e. The van der Waals surface area contributed by atoms with Crippen LogP contribution in [0, 0.1) is 10.1 Å². The second kappa shape index (κ2) is 5.86. The Morgan fingerprint density at radius 3 is 2.61 bits per heavy atom. The molecule has 0 aliphatic heterocycles. The van der Waals surface area contributed by atoms with Crippen molar-refractivity contribution < 1.29 is 14.8 Å². The zero-order chi connectivity index (χ0) is 13.8. The van der Waals surface area contributed by atoms with Crippen LogP contribution in [0.15, 0.2) is 24.3 Å². The molecule has 1 aromatic carbocycles. The lowest BCUT2D eigenvalue weighted by atomic mass is 10.1. The predicted octanol–water partition coefficient (Wildman–Crippen LogP) is 2.73. The summed E-state index contributed by atoms with van der Waals surface area (Å²) in [4.78, 5) is 21.3. The lowest BCUT2D eigenvalue weighted by Gasteiger charge is -2.18. The van der Waals surface area contributed by atoms with Gasteiger partial charge < -0.3 is 5.11 Å². The van der Waals surface area contributed by atoms with Gasteiger partial charge in [-0.1, -0.05) is 18.2 Å². The van der Waals surface area contributed by atoms with E-state index in [9.17, 15) is 14.9 Å². The predicted molar refractivity (Wildman–Crippen MR) is 71.0 cm³/mol. The fourth-order valence-corrected chi connectivity index (χ4v) is 2.33. The molecular formula is C12H15NO4S. The number of aryl methyl sites for hydroxylation is 1. The summed E-state index contributed by atoms with van der Waals surface area (Å²) in [6.45, 7) is 3.25. The first-order valence-corrected chi connectivity index (χ1v) is 6.43. The first-order chi connectivity index (χ1) is 8.34. The fourth-order valence-electron chi connectivity index (χ4n) is 1.38. The Balaban J connectivity index is 2.65. The van der Waals surface area contributed by atoms with Gasteiger partial charge in [-0.3, -0.25) is 14.9 Å². The molecule has 1 N–H and O–H groups in total. The maximum atomic E-state index is 10.9. The summed E-state index contributed by atoms with van der Waals surface area (Å²) in [6.07, 6.45) is 0.485. The van der Waals surface area contributed by atoms with Crippen LogP contribution in [0.5, 0.6) is 0 Å². The molecule has 0 atom stereocenters. The zero-order valence-electron chi connectivity index (χ0n) is 10.3. The van der Waals surface area contributed by atoms with Crippen LogP contribution in [0.25, 0.3) is 0 Å². The Morgan fingerprint density at radius 1 is 1.44 bits per heavy atom. The third kappa shape index (κ3) is 3.73. The van der Waals surface area contributed by atoms with Crippen LogP contribution < -0.4 is 0 Å². The molecule has 18 heavy (non-hydrogen) atoms. The minimum atomic E-state index is -0.880. The number of nitro groups is 1. The fraction of sp³-hybridized carbons (Fsp3) is 0.417. The molecule has 0 fully saturated rings. The second-order valence-corrected chi connectivity index (χ2v) is 6.02. The van der Waals surface area contributed by atoms with Gasteiger partial charge in [-0.25, -0.2) is 0 Å². The largest absolute Gasteiger partial charge is 0.480 e. The van der Waals surface area contributed by atoms with Gasteiger partial charge in [0.05, 0.1) is 4.92 Å². The van der Waals surface area contributed by atoms with Gasteiger partial charge in [0.15, 0.2) is 0 Å². The molecule has 1 aromatic rings. The van der Waals surface area contributed by atoms with Crippen molar-refractivity contribution in [3.05, 3.63) is 39.9 Å². The van der Waals surface area contributed by atoms with Gasteiger partial charge in [0.25, 0.3) is 5.69 Å². The van der Waals surface area contributed by atoms with Crippen molar-refractivity contribution in [2.45, 2.75) is 25.0 Å². The quantitative estimate of drug-likeness (QED) is 0.634. The maximum absolute atomic E-state index is 10.9. The van der Waals surface area contributed by atoms with E-state index >= 15 is 0 Å². The number of nitrogens with zero attached hydrogens (tertiary/aromatic N) is 1. The topological polar surface area (TPSA) is 80.4 Å². The highest BCUT2D eigenvalue weighted by molar-refractivity contribution is 8.01. The van der Waals surface area contributed by atoms with Crippen LogP contribution in [0.2, 0.25) is 0 Å². The summed E-state index contributed by atoms with van der Waals surface area (Å²) in [5.41, 5.74) is 0.724. The number of benzene rings is 1. The van der Waals surface area contributed by atoms with E-state index in [0.717, 1.165) is 0 Å². The number of aliphatic carboxylic acids is 1. The Morgan fingerprint density at radius 2 is 2.06 bits per heavy atom. The van der Waals surface area contributed by atoms with E-state index in [1.807, 2.05) is 0 Å². The molecule has 6 heteroatoms. The highest BCUT2D eigenvalue weighted by Gasteiger charge is 2.27. The molecule has 0 bridgehead atoms. The van der Waals surface area contributed by atoms with Crippen LogP contribution in [-0.2, 0) is 11.2 Å². The van der Waals surface area contributed by atoms with Gasteiger partial charge in [-0.05, 0) is 26.0 Å². The van der Waals surface area contributed by atoms with E-state index in [1.165, 1.54) is 17.8 Å². The minimum Gasteiger partial charge on any atom is -0.480 e. The van der Waals surface area contributed by atoms with Crippen LogP contribution in [0.1, 0.15) is 19.4 Å². The van der Waals surface area contributed by atoms with Gasteiger partial charge in [-0.15, -0.1) is 11.8 Å². The summed E-state index contributed by atoms with van der Waals surface area (Å²) in [6, 6.07) is 6.53. The molecule has 0 aromatic heterocycles. The van der Waals surface area contributed by atoms with Crippen LogP contribution >= 0.6 is 11.8 Å². The Hall–Kier alpha value is -1.56. The summed E-state index contributed by atoms with van der Waals surface area (Å²) < 4.78 is -0.871. The number of carbonyl (C=O) groups is 1. The molecule has 0 aliphatic carbocycles. The zero-order valence-corrected chi connectivity index (χ0v) is 11.1. The standard InChI is InChI=1S/C12H15NO4S/c1-12(2,11(14)15)18-8-7-9-5-3-4-6-10(9)13(16)17/h3-6H,7-8H2,1-2H3,(H,14,15). The maximum Gasteiger partial charge on any atom is 0.319 e. The number of rotatable bonds is 6. The van der Waals surface area contributed by atoms with Gasteiger partial charge in [0.1, 0.15) is 4.75 Å². The van der Waals surface area contributed by atoms with Crippen molar-refractivity contribution in [2.24, 2.45) is 0 Å². The van der Waals surface area contributed by atoms with Crippen LogP contribution in [0.3, 0.4) is 0 Å². The SMILES string of the molecule is CC(C)(SCCc1ccccc1[N+](=O)[O-])C(=O)O. The van der Waals surface area contributed by atoms with E-state index in [0.29, 0.717) is 17.7 Å². The molecule has 0 saturated carbocycles. The second-order valence-electron chi connectivity index (χ2n) is 4.30. The molecule has 98 valence electrons. The number of nitro benzene ring substituents is 1. The Bertz CT molecular complexity index is 459. The lowest BCUT2D eigenvalue weighted by Crippen LogP contribution is -2.27. The molecule has 0 saturated heterocycles. The Kier molecular flexibility index (Phi) is 4.72. The van der Waals surface area contributed by atoms with Crippen molar-refractivity contribution in [3.63, 3.8) is 0 Å². The molecule has 5 nitrogen and oxygen atoms in total. The average molecular weight is 269 g/mol. The van der Waals surface area contributed by atoms with Crippen molar-refractivity contribution in [1.82, 2.24) is 0 Å². The van der Waals surface area contributed by atoms with Gasteiger partial charge in [0.2, 0.25) is 0 Å². The van der Waals surface area contributed by atoms with Crippen molar-refractivity contribution >= 4 is 23.4 Å². The number of carboxylic acid groups (broad SMARTS) is 1. The number of thioether (sulfide) groups is 1. The average Bonchev–Trinajstić information content (AvgIpc) is 2.29. The normalized spacial score (nSPS) is 11.2. The van der Waals surface area contributed by atoms with E-state index < -0.39 is 15.6 Å². The summed E-state index contributed by atoms with van der Waals surface area (Å²) in [5, 5.41) is 19.7. The van der Waals surface area contributed by atoms with Crippen LogP contribution in [0.4, 0.5) is 5.69 Å². The molecule has 0 spiro atoms. The lowest BCUT2D eigenvalue weighted by molar-refractivity contribution is -0.385. The van der Waals surface area contributed by atoms with Crippen LogP contribution in [-0.4, -0.2) is 26.5 Å². The Labute approximate surface area is 109 Å². The number of carboxylic acids is 1. The number of hydrogen-bond donors (Lipinski definition) is 1. The first-order valence-electron chi connectivity index (χ1n) is 5.44. The molecule has 0 aliphatic rings. The van der Waals surface area contributed by atoms with Gasteiger partial charge >= 0.3 is 5.97 Å². The summed E-state index contributed by atoms with van der Waals surface area (Å²) in [7, 11) is 0. The monoisotopic (exact) mass is 269 g/mol. The summed E-state index contributed by atoms with van der Waals surface area (Å²) >= 11 is 1.28. The van der Waals surface area contributed by atoms with Crippen molar-refractivity contribution in [1.29, 1.82) is 0 Å². The molecule has 0 amide bonds. The summed E-state index contributed by atoms with van der Waals surface area (Å²) in [5.74, 6) is -0.348. The van der Waals surface area contributed by atoms with Crippen molar-refractivity contribution in [3.8, 4) is 0 Å². The molecular weight excluding hydrogens is 254 g/mol. The van der Waals surface area contributed by atoms with E-state index in [2.05, 4.69) is 0 Å². The van der Waals surface area contributed by atoms with Gasteiger partial charge in [0, 0.05) is 11.6 Å². The molecule has 0 heterocycles. The third-order valence-corrected chi connectivity index (χ3v) is 3.84. The van der Waals surface area contributed by atoms with Gasteiger partial charge in [-0.2, -0.15) is 0 Å². The van der Waals surface area contributed by atoms with E-state index in [4.69, 9.17) is 5.11 Å². The third-order valence-electron chi connectivity index (χ3n) is 2.54. The molecule has 0 radical (unpaired) electrons. The van der Waals surface area contributed by atoms with E-state index in [1.54, 1.807) is 32.0 Å². The number of hydrogen-bond acceptors (Lipinski definition) is 4. The minimum absolute atomic E-state index is 0.0891. The van der Waals surface area contributed by atoms with E-state index in [-0.39, 0.29) is 5.69 Å². The number of para-hydroxylation sites is 1. The molecule has 1 rings (SSSR count). The first kappa shape index (κ1) is 14.5.